The zero-order valence-corrected chi connectivity index (χ0v) is 7.90. The van der Waals surface area contributed by atoms with Gasteiger partial charge in [0, 0.05) is 12.0 Å². The van der Waals surface area contributed by atoms with Crippen molar-refractivity contribution in [3.05, 3.63) is 29.3 Å². The van der Waals surface area contributed by atoms with Crippen LogP contribution in [0.5, 0.6) is 5.75 Å². The Hall–Kier alpha value is -1.53. The van der Waals surface area contributed by atoms with Gasteiger partial charge in [-0.25, -0.2) is 0 Å². The lowest BCUT2D eigenvalue weighted by atomic mass is 9.98. The molecule has 0 fully saturated rings. The van der Waals surface area contributed by atoms with Gasteiger partial charge < -0.3 is 9.84 Å². The molecule has 1 heterocycles. The van der Waals surface area contributed by atoms with E-state index in [0.717, 1.165) is 5.56 Å². The molecular weight excluding hydrogens is 178 g/mol. The second-order valence-electron chi connectivity index (χ2n) is 3.54. The number of ether oxygens (including phenoxy) is 1. The molecule has 72 valence electrons. The van der Waals surface area contributed by atoms with Crippen molar-refractivity contribution in [1.29, 1.82) is 5.26 Å². The minimum Gasteiger partial charge on any atom is -0.490 e. The van der Waals surface area contributed by atoms with E-state index in [9.17, 15) is 5.11 Å². The van der Waals surface area contributed by atoms with Gasteiger partial charge in [0.15, 0.2) is 0 Å². The van der Waals surface area contributed by atoms with E-state index >= 15 is 0 Å². The highest BCUT2D eigenvalue weighted by molar-refractivity contribution is 5.44. The Balaban J connectivity index is 2.45. The quantitative estimate of drug-likeness (QED) is 0.676. The summed E-state index contributed by atoms with van der Waals surface area (Å²) >= 11 is 0. The van der Waals surface area contributed by atoms with E-state index in [2.05, 4.69) is 0 Å². The number of hydrogen-bond donors (Lipinski definition) is 1. The average molecular weight is 189 g/mol. The third-order valence-corrected chi connectivity index (χ3v) is 2.38. The topological polar surface area (TPSA) is 53.2 Å². The molecule has 3 nitrogen and oxygen atoms in total. The highest BCUT2D eigenvalue weighted by atomic mass is 16.5. The van der Waals surface area contributed by atoms with Crippen LogP contribution in [0, 0.1) is 11.3 Å². The molecule has 0 aliphatic carbocycles. The van der Waals surface area contributed by atoms with E-state index in [1.807, 2.05) is 13.0 Å². The van der Waals surface area contributed by atoms with Gasteiger partial charge in [-0.15, -0.1) is 0 Å². The molecule has 0 saturated heterocycles. The van der Waals surface area contributed by atoms with Gasteiger partial charge in [-0.3, -0.25) is 0 Å². The largest absolute Gasteiger partial charge is 0.490 e. The number of fused-ring (bicyclic) bond motifs is 1. The zero-order valence-electron chi connectivity index (χ0n) is 7.90. The molecule has 2 rings (SSSR count). The molecule has 0 saturated carbocycles. The summed E-state index contributed by atoms with van der Waals surface area (Å²) in [4.78, 5) is 0. The predicted octanol–water partition coefficient (Wildman–Crippen LogP) is 1.76. The highest BCUT2D eigenvalue weighted by Crippen LogP contribution is 2.34. The van der Waals surface area contributed by atoms with Crippen molar-refractivity contribution in [1.82, 2.24) is 0 Å². The molecular formula is C11H11NO2. The summed E-state index contributed by atoms with van der Waals surface area (Å²) in [6.07, 6.45) is 0.106. The second-order valence-corrected chi connectivity index (χ2v) is 3.54. The molecule has 1 aromatic rings. The number of aliphatic hydroxyl groups excluding tert-OH is 1. The van der Waals surface area contributed by atoms with Gasteiger partial charge in [-0.05, 0) is 25.1 Å². The Kier molecular flexibility index (Phi) is 2.14. The minimum absolute atomic E-state index is 0.0328. The van der Waals surface area contributed by atoms with Crippen LogP contribution in [0.25, 0.3) is 0 Å². The van der Waals surface area contributed by atoms with Gasteiger partial charge in [-0.2, -0.15) is 5.26 Å². The Labute approximate surface area is 82.6 Å². The molecule has 0 amide bonds. The number of nitriles is 1. The lowest BCUT2D eigenvalue weighted by Crippen LogP contribution is -2.22. The van der Waals surface area contributed by atoms with E-state index in [-0.39, 0.29) is 6.10 Å². The lowest BCUT2D eigenvalue weighted by Gasteiger charge is -2.27. The Morgan fingerprint density at radius 2 is 2.36 bits per heavy atom. The molecule has 14 heavy (non-hydrogen) atoms. The maximum Gasteiger partial charge on any atom is 0.125 e. The summed E-state index contributed by atoms with van der Waals surface area (Å²) in [5.41, 5.74) is 1.28. The molecule has 0 aromatic heterocycles. The van der Waals surface area contributed by atoms with Crippen LogP contribution >= 0.6 is 0 Å². The van der Waals surface area contributed by atoms with Gasteiger partial charge in [-0.1, -0.05) is 0 Å². The molecule has 3 heteroatoms. The molecule has 1 aliphatic rings. The number of nitrogens with zero attached hydrogens (tertiary/aromatic N) is 1. The first-order valence-corrected chi connectivity index (χ1v) is 4.59. The van der Waals surface area contributed by atoms with Crippen molar-refractivity contribution in [2.24, 2.45) is 0 Å². The van der Waals surface area contributed by atoms with Crippen molar-refractivity contribution in [2.75, 3.05) is 0 Å². The predicted molar refractivity (Wildman–Crippen MR) is 50.8 cm³/mol. The van der Waals surface area contributed by atoms with Crippen LogP contribution < -0.4 is 4.74 Å². The third kappa shape index (κ3) is 1.45. The normalized spacial score (nSPS) is 24.6. The SMILES string of the molecule is CC1CC(O)c2cc(C#N)ccc2O1. The van der Waals surface area contributed by atoms with Crippen LogP contribution in [0.4, 0.5) is 0 Å². The monoisotopic (exact) mass is 189 g/mol. The van der Waals surface area contributed by atoms with Crippen LogP contribution in [0.1, 0.15) is 30.6 Å². The van der Waals surface area contributed by atoms with E-state index in [1.165, 1.54) is 0 Å². The standard InChI is InChI=1S/C11H11NO2/c1-7-4-10(13)9-5-8(6-12)2-3-11(9)14-7/h2-3,5,7,10,13H,4H2,1H3. The Bertz CT molecular complexity index is 395. The van der Waals surface area contributed by atoms with Gasteiger partial charge in [0.2, 0.25) is 0 Å². The minimum atomic E-state index is -0.512. The molecule has 1 aromatic carbocycles. The van der Waals surface area contributed by atoms with E-state index in [1.54, 1.807) is 18.2 Å². The van der Waals surface area contributed by atoms with E-state index in [4.69, 9.17) is 10.00 Å². The fourth-order valence-corrected chi connectivity index (χ4v) is 1.69. The van der Waals surface area contributed by atoms with Crippen molar-refractivity contribution in [2.45, 2.75) is 25.6 Å². The van der Waals surface area contributed by atoms with Crippen LogP contribution in [0.3, 0.4) is 0 Å². The molecule has 2 unspecified atom stereocenters. The molecule has 0 radical (unpaired) electrons. The average Bonchev–Trinajstić information content (AvgIpc) is 2.17. The lowest BCUT2D eigenvalue weighted by molar-refractivity contribution is 0.0749. The van der Waals surface area contributed by atoms with Gasteiger partial charge >= 0.3 is 0 Å². The van der Waals surface area contributed by atoms with Crippen molar-refractivity contribution in [3.8, 4) is 11.8 Å². The maximum absolute atomic E-state index is 9.76. The molecule has 2 atom stereocenters. The van der Waals surface area contributed by atoms with Gasteiger partial charge in [0.1, 0.15) is 5.75 Å². The summed E-state index contributed by atoms with van der Waals surface area (Å²) in [5.74, 6) is 0.690. The first-order chi connectivity index (χ1) is 6.70. The molecule has 1 N–H and O–H groups in total. The van der Waals surface area contributed by atoms with Crippen molar-refractivity contribution in [3.63, 3.8) is 0 Å². The van der Waals surface area contributed by atoms with Crippen molar-refractivity contribution < 1.29 is 9.84 Å². The first-order valence-electron chi connectivity index (χ1n) is 4.59. The molecule has 0 spiro atoms. The first kappa shape index (κ1) is 9.04. The van der Waals surface area contributed by atoms with Crippen LogP contribution in [0.15, 0.2) is 18.2 Å². The fourth-order valence-electron chi connectivity index (χ4n) is 1.69. The van der Waals surface area contributed by atoms with Crippen molar-refractivity contribution >= 4 is 0 Å². The van der Waals surface area contributed by atoms with Gasteiger partial charge in [0.05, 0.1) is 23.8 Å². The van der Waals surface area contributed by atoms with Crippen LogP contribution in [0.2, 0.25) is 0 Å². The van der Waals surface area contributed by atoms with Crippen LogP contribution in [-0.2, 0) is 0 Å². The number of aliphatic hydroxyl groups is 1. The summed E-state index contributed by atoms with van der Waals surface area (Å²) in [5, 5.41) is 18.5. The second kappa shape index (κ2) is 3.32. The van der Waals surface area contributed by atoms with E-state index < -0.39 is 6.10 Å². The Morgan fingerprint density at radius 3 is 3.07 bits per heavy atom. The highest BCUT2D eigenvalue weighted by Gasteiger charge is 2.24. The number of rotatable bonds is 0. The Morgan fingerprint density at radius 1 is 1.57 bits per heavy atom. The smallest absolute Gasteiger partial charge is 0.125 e. The number of benzene rings is 1. The third-order valence-electron chi connectivity index (χ3n) is 2.38. The number of hydrogen-bond acceptors (Lipinski definition) is 3. The fraction of sp³-hybridized carbons (Fsp3) is 0.364. The van der Waals surface area contributed by atoms with Crippen LogP contribution in [-0.4, -0.2) is 11.2 Å². The van der Waals surface area contributed by atoms with E-state index in [0.29, 0.717) is 17.7 Å². The summed E-state index contributed by atoms with van der Waals surface area (Å²) in [7, 11) is 0. The maximum atomic E-state index is 9.76. The molecule has 1 aliphatic heterocycles. The summed E-state index contributed by atoms with van der Waals surface area (Å²) in [6.45, 7) is 1.92. The zero-order chi connectivity index (χ0) is 10.1. The summed E-state index contributed by atoms with van der Waals surface area (Å²) in [6, 6.07) is 7.17. The molecule has 0 bridgehead atoms. The summed E-state index contributed by atoms with van der Waals surface area (Å²) < 4.78 is 5.53. The van der Waals surface area contributed by atoms with Gasteiger partial charge in [0.25, 0.3) is 0 Å².